The number of amides is 1. The van der Waals surface area contributed by atoms with Gasteiger partial charge in [0.25, 0.3) is 5.91 Å². The summed E-state index contributed by atoms with van der Waals surface area (Å²) in [5.74, 6) is -2.83. The number of aromatic nitrogens is 2. The third-order valence-corrected chi connectivity index (χ3v) is 3.48. The van der Waals surface area contributed by atoms with Crippen LogP contribution in [0.2, 0.25) is 0 Å². The van der Waals surface area contributed by atoms with Crippen molar-refractivity contribution in [2.75, 3.05) is 0 Å². The number of nitrogens with one attached hydrogen (secondary N) is 2. The van der Waals surface area contributed by atoms with Gasteiger partial charge in [-0.3, -0.25) is 20.0 Å². The molecule has 1 heterocycles. The van der Waals surface area contributed by atoms with Crippen molar-refractivity contribution in [3.8, 4) is 0 Å². The first-order valence-corrected chi connectivity index (χ1v) is 6.97. The van der Waals surface area contributed by atoms with Crippen molar-refractivity contribution in [3.63, 3.8) is 0 Å². The Kier molecular flexibility index (Phi) is 5.19. The molecule has 1 aromatic carbocycles. The summed E-state index contributed by atoms with van der Waals surface area (Å²) in [5.41, 5.74) is -1.54. The maximum absolute atomic E-state index is 13.8. The van der Waals surface area contributed by atoms with Crippen LogP contribution in [0.15, 0.2) is 24.4 Å². The SMILES string of the molecule is CC[C@H](NC(=O)c1[nH]ncc1[N+](=O)[O-])[C@H](O)c1c(F)cccc1F. The molecule has 2 rings (SSSR count). The van der Waals surface area contributed by atoms with E-state index < -0.39 is 51.6 Å². The summed E-state index contributed by atoms with van der Waals surface area (Å²) < 4.78 is 27.5. The van der Waals surface area contributed by atoms with E-state index in [1.165, 1.54) is 0 Å². The van der Waals surface area contributed by atoms with E-state index in [1.54, 1.807) is 6.92 Å². The normalized spacial score (nSPS) is 13.3. The highest BCUT2D eigenvalue weighted by Gasteiger charge is 2.30. The summed E-state index contributed by atoms with van der Waals surface area (Å²) in [5, 5.41) is 28.9. The average Bonchev–Trinajstić information content (AvgIpc) is 3.02. The largest absolute Gasteiger partial charge is 0.386 e. The van der Waals surface area contributed by atoms with E-state index in [9.17, 15) is 28.8 Å². The highest BCUT2D eigenvalue weighted by Crippen LogP contribution is 2.25. The van der Waals surface area contributed by atoms with Gasteiger partial charge in [0, 0.05) is 0 Å². The molecule has 24 heavy (non-hydrogen) atoms. The fourth-order valence-electron chi connectivity index (χ4n) is 2.22. The lowest BCUT2D eigenvalue weighted by Gasteiger charge is -2.23. The quantitative estimate of drug-likeness (QED) is 0.547. The summed E-state index contributed by atoms with van der Waals surface area (Å²) in [6.45, 7) is 1.58. The van der Waals surface area contributed by atoms with Crippen LogP contribution in [0, 0.1) is 21.7 Å². The van der Waals surface area contributed by atoms with Crippen molar-refractivity contribution in [3.05, 3.63) is 57.4 Å². The fraction of sp³-hybridized carbons (Fsp3) is 0.286. The number of benzene rings is 1. The van der Waals surface area contributed by atoms with E-state index >= 15 is 0 Å². The molecular weight excluding hydrogens is 326 g/mol. The summed E-state index contributed by atoms with van der Waals surface area (Å²) in [4.78, 5) is 22.1. The number of rotatable bonds is 6. The second-order valence-electron chi connectivity index (χ2n) is 4.96. The molecule has 3 N–H and O–H groups in total. The molecule has 1 aromatic heterocycles. The third kappa shape index (κ3) is 3.38. The minimum absolute atomic E-state index is 0.128. The van der Waals surface area contributed by atoms with Gasteiger partial charge in [0.2, 0.25) is 5.69 Å². The van der Waals surface area contributed by atoms with E-state index in [2.05, 4.69) is 15.5 Å². The Hall–Kier alpha value is -2.88. The zero-order valence-corrected chi connectivity index (χ0v) is 12.5. The minimum atomic E-state index is -1.66. The van der Waals surface area contributed by atoms with Crippen LogP contribution in [0.25, 0.3) is 0 Å². The Morgan fingerprint density at radius 3 is 2.62 bits per heavy atom. The molecule has 0 aliphatic heterocycles. The van der Waals surface area contributed by atoms with Gasteiger partial charge in [-0.15, -0.1) is 0 Å². The van der Waals surface area contributed by atoms with Crippen LogP contribution in [0.4, 0.5) is 14.5 Å². The van der Waals surface area contributed by atoms with Crippen molar-refractivity contribution in [1.82, 2.24) is 15.5 Å². The Balaban J connectivity index is 2.24. The van der Waals surface area contributed by atoms with Crippen LogP contribution >= 0.6 is 0 Å². The molecule has 0 aliphatic rings. The molecule has 8 nitrogen and oxygen atoms in total. The van der Waals surface area contributed by atoms with E-state index in [0.29, 0.717) is 0 Å². The third-order valence-electron chi connectivity index (χ3n) is 3.48. The first kappa shape index (κ1) is 17.5. The number of nitrogens with zero attached hydrogens (tertiary/aromatic N) is 2. The van der Waals surface area contributed by atoms with Crippen molar-refractivity contribution < 1.29 is 23.6 Å². The smallest absolute Gasteiger partial charge is 0.319 e. The van der Waals surface area contributed by atoms with Crippen molar-refractivity contribution in [2.45, 2.75) is 25.5 Å². The number of aliphatic hydroxyl groups is 1. The molecule has 2 aromatic rings. The van der Waals surface area contributed by atoms with Gasteiger partial charge < -0.3 is 10.4 Å². The number of halogens is 2. The number of hydrogen-bond acceptors (Lipinski definition) is 5. The van der Waals surface area contributed by atoms with Crippen LogP contribution in [-0.4, -0.2) is 32.2 Å². The van der Waals surface area contributed by atoms with Gasteiger partial charge in [0.1, 0.15) is 23.9 Å². The zero-order valence-electron chi connectivity index (χ0n) is 12.5. The summed E-state index contributed by atoms with van der Waals surface area (Å²) >= 11 is 0. The number of H-pyrrole nitrogens is 1. The zero-order chi connectivity index (χ0) is 17.9. The maximum Gasteiger partial charge on any atom is 0.319 e. The molecule has 0 unspecified atom stereocenters. The van der Waals surface area contributed by atoms with Gasteiger partial charge in [-0.2, -0.15) is 5.10 Å². The van der Waals surface area contributed by atoms with Gasteiger partial charge in [0.05, 0.1) is 16.5 Å². The molecule has 0 fully saturated rings. The number of nitro groups is 1. The van der Waals surface area contributed by atoms with E-state index in [0.717, 1.165) is 24.4 Å². The molecule has 0 saturated carbocycles. The maximum atomic E-state index is 13.8. The number of carbonyl (C=O) groups is 1. The monoisotopic (exact) mass is 340 g/mol. The van der Waals surface area contributed by atoms with E-state index in [1.807, 2.05) is 0 Å². The Bertz CT molecular complexity index is 745. The molecule has 1 amide bonds. The predicted molar refractivity (Wildman–Crippen MR) is 78.1 cm³/mol. The van der Waals surface area contributed by atoms with Crippen LogP contribution in [0.1, 0.15) is 35.5 Å². The Morgan fingerprint density at radius 1 is 1.46 bits per heavy atom. The van der Waals surface area contributed by atoms with Gasteiger partial charge in [-0.05, 0) is 18.6 Å². The van der Waals surface area contributed by atoms with Crippen LogP contribution in [-0.2, 0) is 0 Å². The standard InChI is InChI=1S/C14H14F2N4O4/c1-2-9(13(21)11-7(15)4-3-5-8(11)16)18-14(22)12-10(20(23)24)6-17-19-12/h3-6,9,13,21H,2H2,1H3,(H,17,19)(H,18,22)/t9-,13-/m0/s1. The first-order valence-electron chi connectivity index (χ1n) is 6.97. The number of hydrogen-bond donors (Lipinski definition) is 3. The lowest BCUT2D eigenvalue weighted by Crippen LogP contribution is -2.39. The van der Waals surface area contributed by atoms with E-state index in [-0.39, 0.29) is 6.42 Å². The Labute approximate surface area is 134 Å². The van der Waals surface area contributed by atoms with Gasteiger partial charge >= 0.3 is 5.69 Å². The van der Waals surface area contributed by atoms with Crippen LogP contribution in [0.3, 0.4) is 0 Å². The fourth-order valence-corrected chi connectivity index (χ4v) is 2.22. The van der Waals surface area contributed by atoms with Gasteiger partial charge in [-0.25, -0.2) is 8.78 Å². The molecular formula is C14H14F2N4O4. The molecule has 0 spiro atoms. The second kappa shape index (κ2) is 7.13. The number of aliphatic hydroxyl groups excluding tert-OH is 1. The van der Waals surface area contributed by atoms with Gasteiger partial charge in [-0.1, -0.05) is 13.0 Å². The summed E-state index contributed by atoms with van der Waals surface area (Å²) in [6, 6.07) is 2.05. The molecule has 128 valence electrons. The molecule has 0 bridgehead atoms. The highest BCUT2D eigenvalue weighted by atomic mass is 19.1. The molecule has 10 heteroatoms. The number of aromatic amines is 1. The lowest BCUT2D eigenvalue weighted by atomic mass is 9.99. The first-order chi connectivity index (χ1) is 11.4. The van der Waals surface area contributed by atoms with Crippen LogP contribution < -0.4 is 5.32 Å². The van der Waals surface area contributed by atoms with Crippen molar-refractivity contribution >= 4 is 11.6 Å². The van der Waals surface area contributed by atoms with Crippen molar-refractivity contribution in [2.24, 2.45) is 0 Å². The number of carbonyl (C=O) groups excluding carboxylic acids is 1. The molecule has 2 atom stereocenters. The Morgan fingerprint density at radius 2 is 2.08 bits per heavy atom. The summed E-state index contributed by atoms with van der Waals surface area (Å²) in [6.07, 6.45) is -0.673. The molecule has 0 saturated heterocycles. The lowest BCUT2D eigenvalue weighted by molar-refractivity contribution is -0.385. The topological polar surface area (TPSA) is 121 Å². The van der Waals surface area contributed by atoms with E-state index in [4.69, 9.17) is 0 Å². The average molecular weight is 340 g/mol. The van der Waals surface area contributed by atoms with Crippen LogP contribution in [0.5, 0.6) is 0 Å². The van der Waals surface area contributed by atoms with Gasteiger partial charge in [0.15, 0.2) is 0 Å². The molecule has 0 aliphatic carbocycles. The predicted octanol–water partition coefficient (Wildman–Crippen LogP) is 1.84. The minimum Gasteiger partial charge on any atom is -0.386 e. The molecule has 0 radical (unpaired) electrons. The highest BCUT2D eigenvalue weighted by molar-refractivity contribution is 5.96. The second-order valence-corrected chi connectivity index (χ2v) is 4.96. The van der Waals surface area contributed by atoms with Crippen molar-refractivity contribution in [1.29, 1.82) is 0 Å². The summed E-state index contributed by atoms with van der Waals surface area (Å²) in [7, 11) is 0.